The minimum Gasteiger partial charge on any atom is -0.491 e. The molecule has 188 valence electrons. The lowest BCUT2D eigenvalue weighted by molar-refractivity contribution is -0.160. The third kappa shape index (κ3) is 16.8. The van der Waals surface area contributed by atoms with Gasteiger partial charge in [0.1, 0.15) is 23.6 Å². The molecule has 0 radical (unpaired) electrons. The zero-order valence-corrected chi connectivity index (χ0v) is 22.8. The summed E-state index contributed by atoms with van der Waals surface area (Å²) >= 11 is 2.25. The molecule has 0 saturated carbocycles. The minimum atomic E-state index is -0.592. The summed E-state index contributed by atoms with van der Waals surface area (Å²) < 4.78 is 28.6. The Morgan fingerprint density at radius 1 is 0.758 bits per heavy atom. The number of carbonyl (C=O) groups is 2. The number of rotatable bonds is 14. The van der Waals surface area contributed by atoms with Gasteiger partial charge in [-0.3, -0.25) is 14.5 Å². The Kier molecular flexibility index (Phi) is 13.2. The lowest BCUT2D eigenvalue weighted by atomic mass is 10.2. The average Bonchev–Trinajstić information content (AvgIpc) is 2.64. The molecule has 9 heteroatoms. The molecule has 0 aromatic heterocycles. The quantitative estimate of drug-likeness (QED) is 0.188. The summed E-state index contributed by atoms with van der Waals surface area (Å²) in [6.07, 6.45) is 0. The zero-order valence-electron chi connectivity index (χ0n) is 20.6. The zero-order chi connectivity index (χ0) is 24.9. The molecule has 0 aliphatic heterocycles. The summed E-state index contributed by atoms with van der Waals surface area (Å²) in [5, 5.41) is 0. The first-order chi connectivity index (χ1) is 15.3. The smallest absolute Gasteiger partial charge is 0.320 e. The summed E-state index contributed by atoms with van der Waals surface area (Å²) in [5.41, 5.74) is -1.18. The summed E-state index contributed by atoms with van der Waals surface area (Å²) in [5.74, 6) is 0.00960. The van der Waals surface area contributed by atoms with Crippen LogP contribution in [0.4, 0.5) is 0 Å². The van der Waals surface area contributed by atoms with Crippen LogP contribution in [0.25, 0.3) is 0 Å². The van der Waals surface area contributed by atoms with Crippen molar-refractivity contribution in [3.63, 3.8) is 0 Å². The van der Waals surface area contributed by atoms with E-state index in [1.807, 2.05) is 24.3 Å². The fourth-order valence-electron chi connectivity index (χ4n) is 2.59. The lowest BCUT2D eigenvalue weighted by Crippen LogP contribution is -2.41. The highest BCUT2D eigenvalue weighted by molar-refractivity contribution is 14.1. The van der Waals surface area contributed by atoms with Crippen molar-refractivity contribution in [2.45, 2.75) is 52.7 Å². The first-order valence-electron chi connectivity index (χ1n) is 11.0. The van der Waals surface area contributed by atoms with Crippen LogP contribution in [0, 0.1) is 3.57 Å². The summed E-state index contributed by atoms with van der Waals surface area (Å²) in [6.45, 7) is 13.2. The van der Waals surface area contributed by atoms with E-state index in [0.717, 1.165) is 9.32 Å². The fourth-order valence-corrected chi connectivity index (χ4v) is 2.95. The van der Waals surface area contributed by atoms with Gasteiger partial charge in [0.15, 0.2) is 0 Å². The van der Waals surface area contributed by atoms with Gasteiger partial charge in [-0.1, -0.05) is 0 Å². The molecule has 0 heterocycles. The normalized spacial score (nSPS) is 12.0. The molecule has 0 aliphatic carbocycles. The Morgan fingerprint density at radius 2 is 1.21 bits per heavy atom. The van der Waals surface area contributed by atoms with E-state index in [2.05, 4.69) is 22.6 Å². The second kappa shape index (κ2) is 14.7. The van der Waals surface area contributed by atoms with E-state index in [1.165, 1.54) is 0 Å². The van der Waals surface area contributed by atoms with Gasteiger partial charge in [-0.2, -0.15) is 0 Å². The fraction of sp³-hybridized carbons (Fsp3) is 0.667. The van der Waals surface area contributed by atoms with Crippen LogP contribution in [0.2, 0.25) is 0 Å². The molecular weight excluding hydrogens is 541 g/mol. The molecule has 0 N–H and O–H groups in total. The highest BCUT2D eigenvalue weighted by Gasteiger charge is 2.23. The Bertz CT molecular complexity index is 681. The predicted octanol–water partition coefficient (Wildman–Crippen LogP) is 3.69. The molecule has 0 bridgehead atoms. The first kappa shape index (κ1) is 29.6. The number of hydrogen-bond acceptors (Lipinski definition) is 8. The maximum atomic E-state index is 12.2. The Hall–Kier alpha value is -1.43. The number of hydrogen-bond donors (Lipinski definition) is 0. The molecule has 0 unspecified atom stereocenters. The van der Waals surface area contributed by atoms with Gasteiger partial charge in [-0.25, -0.2) is 0 Å². The van der Waals surface area contributed by atoms with E-state index in [1.54, 1.807) is 46.4 Å². The Labute approximate surface area is 211 Å². The molecule has 0 fully saturated rings. The predicted molar refractivity (Wildman–Crippen MR) is 134 cm³/mol. The highest BCUT2D eigenvalue weighted by atomic mass is 127. The van der Waals surface area contributed by atoms with Crippen LogP contribution < -0.4 is 4.74 Å². The van der Waals surface area contributed by atoms with Crippen molar-refractivity contribution in [3.05, 3.63) is 27.8 Å². The average molecular weight is 579 g/mol. The van der Waals surface area contributed by atoms with E-state index in [-0.39, 0.29) is 13.1 Å². The van der Waals surface area contributed by atoms with E-state index in [4.69, 9.17) is 23.7 Å². The van der Waals surface area contributed by atoms with Crippen LogP contribution in [0.15, 0.2) is 24.3 Å². The summed E-state index contributed by atoms with van der Waals surface area (Å²) in [7, 11) is 0. The second-order valence-corrected chi connectivity index (χ2v) is 10.7. The van der Waals surface area contributed by atoms with Gasteiger partial charge in [0.2, 0.25) is 0 Å². The van der Waals surface area contributed by atoms with E-state index >= 15 is 0 Å². The van der Waals surface area contributed by atoms with Crippen molar-refractivity contribution in [3.8, 4) is 5.75 Å². The largest absolute Gasteiger partial charge is 0.491 e. The molecule has 0 saturated heterocycles. The standard InChI is InChI=1S/C24H38INO7/c1-23(2,3)32-21(27)17-26(18-22(28)33-24(4,5)6)11-12-29-13-14-30-15-16-31-20-9-7-19(25)8-10-20/h7-10H,11-18H2,1-6H3. The molecule has 0 atom stereocenters. The van der Waals surface area contributed by atoms with E-state index < -0.39 is 23.1 Å². The van der Waals surface area contributed by atoms with Crippen molar-refractivity contribution in [2.75, 3.05) is 52.7 Å². The van der Waals surface area contributed by atoms with Crippen molar-refractivity contribution in [2.24, 2.45) is 0 Å². The third-order valence-electron chi connectivity index (χ3n) is 3.78. The number of nitrogens with zero attached hydrogens (tertiary/aromatic N) is 1. The topological polar surface area (TPSA) is 83.5 Å². The summed E-state index contributed by atoms with van der Waals surface area (Å²) in [6, 6.07) is 7.81. The van der Waals surface area contributed by atoms with Gasteiger partial charge in [0.25, 0.3) is 0 Å². The number of benzene rings is 1. The molecule has 1 aromatic rings. The monoisotopic (exact) mass is 579 g/mol. The maximum Gasteiger partial charge on any atom is 0.320 e. The van der Waals surface area contributed by atoms with Crippen molar-refractivity contribution in [1.82, 2.24) is 4.90 Å². The van der Waals surface area contributed by atoms with Gasteiger partial charge in [0.05, 0.1) is 39.5 Å². The highest BCUT2D eigenvalue weighted by Crippen LogP contribution is 2.13. The molecule has 1 rings (SSSR count). The van der Waals surface area contributed by atoms with Crippen LogP contribution in [0.3, 0.4) is 0 Å². The Morgan fingerprint density at radius 3 is 1.70 bits per heavy atom. The maximum absolute atomic E-state index is 12.2. The van der Waals surface area contributed by atoms with Crippen molar-refractivity contribution >= 4 is 34.5 Å². The number of ether oxygens (including phenoxy) is 5. The number of halogens is 1. The molecule has 0 spiro atoms. The number of esters is 2. The van der Waals surface area contributed by atoms with Crippen molar-refractivity contribution < 1.29 is 33.3 Å². The molecule has 0 aliphatic rings. The van der Waals surface area contributed by atoms with E-state index in [0.29, 0.717) is 39.6 Å². The van der Waals surface area contributed by atoms with Gasteiger partial charge in [-0.15, -0.1) is 0 Å². The van der Waals surface area contributed by atoms with E-state index in [9.17, 15) is 9.59 Å². The van der Waals surface area contributed by atoms with Crippen LogP contribution in [0.5, 0.6) is 5.75 Å². The minimum absolute atomic E-state index is 0.0216. The Balaban J connectivity index is 2.28. The van der Waals surface area contributed by atoms with Gasteiger partial charge >= 0.3 is 11.9 Å². The third-order valence-corrected chi connectivity index (χ3v) is 4.50. The second-order valence-electron chi connectivity index (χ2n) is 9.41. The number of carbonyl (C=O) groups excluding carboxylic acids is 2. The first-order valence-corrected chi connectivity index (χ1v) is 12.1. The van der Waals surface area contributed by atoms with Gasteiger partial charge < -0.3 is 23.7 Å². The van der Waals surface area contributed by atoms with Crippen LogP contribution >= 0.6 is 22.6 Å². The molecule has 1 aromatic carbocycles. The lowest BCUT2D eigenvalue weighted by Gasteiger charge is -2.26. The summed E-state index contributed by atoms with van der Waals surface area (Å²) in [4.78, 5) is 26.1. The molecular formula is C24H38INO7. The SMILES string of the molecule is CC(C)(C)OC(=O)CN(CCOCCOCCOc1ccc(I)cc1)CC(=O)OC(C)(C)C. The van der Waals surface area contributed by atoms with Crippen LogP contribution in [-0.4, -0.2) is 80.7 Å². The molecule has 0 amide bonds. The van der Waals surface area contributed by atoms with Gasteiger partial charge in [-0.05, 0) is 88.4 Å². The van der Waals surface area contributed by atoms with Crippen LogP contribution in [0.1, 0.15) is 41.5 Å². The molecule has 8 nitrogen and oxygen atoms in total. The van der Waals surface area contributed by atoms with Gasteiger partial charge in [0, 0.05) is 10.1 Å². The van der Waals surface area contributed by atoms with Crippen LogP contribution in [-0.2, 0) is 28.5 Å². The molecule has 33 heavy (non-hydrogen) atoms. The van der Waals surface area contributed by atoms with Crippen molar-refractivity contribution in [1.29, 1.82) is 0 Å².